The van der Waals surface area contributed by atoms with E-state index in [9.17, 15) is 9.59 Å². The molecular formula is C20H26N4O3S. The first-order chi connectivity index (χ1) is 13.3. The highest BCUT2D eigenvalue weighted by molar-refractivity contribution is 8.00. The van der Waals surface area contributed by atoms with Gasteiger partial charge in [0, 0.05) is 11.9 Å². The summed E-state index contributed by atoms with van der Waals surface area (Å²) in [5.74, 6) is -0.651. The first kappa shape index (κ1) is 21.7. The molecule has 0 radical (unpaired) electrons. The quantitative estimate of drug-likeness (QED) is 0.413. The number of benzene rings is 1. The monoisotopic (exact) mass is 402 g/mol. The number of aryl methyl sites for hydroxylation is 3. The Balaban J connectivity index is 2.15. The number of anilines is 2. The molecule has 0 aliphatic rings. The summed E-state index contributed by atoms with van der Waals surface area (Å²) < 4.78 is 4.92. The molecule has 1 aromatic carbocycles. The minimum Gasteiger partial charge on any atom is -0.462 e. The number of hydrogen-bond acceptors (Lipinski definition) is 7. The molecule has 8 heteroatoms. The third kappa shape index (κ3) is 5.22. The average Bonchev–Trinajstić information content (AvgIpc) is 2.62. The van der Waals surface area contributed by atoms with Crippen molar-refractivity contribution < 1.29 is 14.3 Å². The molecule has 1 heterocycles. The summed E-state index contributed by atoms with van der Waals surface area (Å²) in [6.45, 7) is 9.84. The molecule has 0 bridgehead atoms. The number of esters is 1. The molecule has 2 aromatic rings. The maximum atomic E-state index is 12.8. The molecule has 150 valence electrons. The molecule has 2 rings (SSSR count). The predicted octanol–water partition coefficient (Wildman–Crippen LogP) is 3.67. The van der Waals surface area contributed by atoms with Gasteiger partial charge in [0.1, 0.15) is 11.4 Å². The van der Waals surface area contributed by atoms with Crippen LogP contribution in [0.15, 0.2) is 23.5 Å². The van der Waals surface area contributed by atoms with E-state index in [2.05, 4.69) is 15.3 Å². The van der Waals surface area contributed by atoms with Crippen molar-refractivity contribution in [3.8, 4) is 0 Å². The van der Waals surface area contributed by atoms with E-state index >= 15 is 0 Å². The molecule has 1 aromatic heterocycles. The van der Waals surface area contributed by atoms with Crippen molar-refractivity contribution in [2.75, 3.05) is 17.7 Å². The Morgan fingerprint density at radius 1 is 1.21 bits per heavy atom. The van der Waals surface area contributed by atoms with E-state index in [1.807, 2.05) is 39.8 Å². The van der Waals surface area contributed by atoms with Gasteiger partial charge in [-0.15, -0.1) is 0 Å². The van der Waals surface area contributed by atoms with E-state index in [4.69, 9.17) is 10.5 Å². The Labute approximate surface area is 169 Å². The van der Waals surface area contributed by atoms with Crippen LogP contribution in [0.1, 0.15) is 47.3 Å². The highest BCUT2D eigenvalue weighted by atomic mass is 32.2. The van der Waals surface area contributed by atoms with E-state index < -0.39 is 11.2 Å². The van der Waals surface area contributed by atoms with E-state index in [1.54, 1.807) is 6.92 Å². The normalized spacial score (nSPS) is 11.8. The third-order valence-electron chi connectivity index (χ3n) is 4.13. The number of rotatable bonds is 7. The summed E-state index contributed by atoms with van der Waals surface area (Å²) in [6, 6.07) is 4.07. The van der Waals surface area contributed by atoms with Gasteiger partial charge in [-0.05, 0) is 45.2 Å². The molecule has 1 unspecified atom stereocenters. The minimum atomic E-state index is -0.563. The van der Waals surface area contributed by atoms with Crippen molar-refractivity contribution in [2.45, 2.75) is 51.4 Å². The number of carbonyl (C=O) groups is 2. The van der Waals surface area contributed by atoms with Crippen LogP contribution in [-0.2, 0) is 9.53 Å². The summed E-state index contributed by atoms with van der Waals surface area (Å²) >= 11 is 1.21. The molecule has 1 atom stereocenters. The number of amides is 1. The van der Waals surface area contributed by atoms with Gasteiger partial charge in [0.25, 0.3) is 0 Å². The van der Waals surface area contributed by atoms with Crippen molar-refractivity contribution in [2.24, 2.45) is 0 Å². The van der Waals surface area contributed by atoms with Crippen LogP contribution in [0.5, 0.6) is 0 Å². The average molecular weight is 403 g/mol. The third-order valence-corrected chi connectivity index (χ3v) is 5.37. The van der Waals surface area contributed by atoms with Gasteiger partial charge in [0.15, 0.2) is 5.16 Å². The van der Waals surface area contributed by atoms with Crippen molar-refractivity contribution in [3.63, 3.8) is 0 Å². The zero-order valence-corrected chi connectivity index (χ0v) is 17.6. The van der Waals surface area contributed by atoms with Gasteiger partial charge in [0.05, 0.1) is 11.9 Å². The second-order valence-corrected chi connectivity index (χ2v) is 7.62. The summed E-state index contributed by atoms with van der Waals surface area (Å²) in [5.41, 5.74) is 9.99. The molecule has 7 nitrogen and oxygen atoms in total. The van der Waals surface area contributed by atoms with Gasteiger partial charge >= 0.3 is 5.97 Å². The maximum Gasteiger partial charge on any atom is 0.343 e. The fourth-order valence-electron chi connectivity index (χ4n) is 2.83. The van der Waals surface area contributed by atoms with Gasteiger partial charge < -0.3 is 15.8 Å². The van der Waals surface area contributed by atoms with Crippen molar-refractivity contribution >= 4 is 35.1 Å². The lowest BCUT2D eigenvalue weighted by atomic mass is 10.0. The Hall–Kier alpha value is -2.61. The zero-order chi connectivity index (χ0) is 20.8. The van der Waals surface area contributed by atoms with Gasteiger partial charge in [-0.1, -0.05) is 36.4 Å². The maximum absolute atomic E-state index is 12.8. The van der Waals surface area contributed by atoms with Crippen molar-refractivity contribution in [1.29, 1.82) is 0 Å². The SMILES string of the molecule is CCOC(=O)c1cnc(SC(CC)C(=O)Nc2c(C)cc(C)cc2C)nc1N. The number of ether oxygens (including phenoxy) is 1. The lowest BCUT2D eigenvalue weighted by Gasteiger charge is -2.17. The van der Waals surface area contributed by atoms with Crippen molar-refractivity contribution in [3.05, 3.63) is 40.6 Å². The van der Waals surface area contributed by atoms with Crippen LogP contribution in [0.3, 0.4) is 0 Å². The molecule has 0 aliphatic carbocycles. The fraction of sp³-hybridized carbons (Fsp3) is 0.400. The van der Waals surface area contributed by atoms with Gasteiger partial charge in [0.2, 0.25) is 5.91 Å². The minimum absolute atomic E-state index is 0.0384. The first-order valence-electron chi connectivity index (χ1n) is 9.11. The number of nitrogens with one attached hydrogen (secondary N) is 1. The van der Waals surface area contributed by atoms with E-state index in [1.165, 1.54) is 18.0 Å². The molecule has 0 saturated heterocycles. The number of hydrogen-bond donors (Lipinski definition) is 2. The summed E-state index contributed by atoms with van der Waals surface area (Å²) in [7, 11) is 0. The van der Waals surface area contributed by atoms with Crippen LogP contribution in [0.25, 0.3) is 0 Å². The second-order valence-electron chi connectivity index (χ2n) is 6.45. The Morgan fingerprint density at radius 2 is 1.86 bits per heavy atom. The molecule has 0 fully saturated rings. The van der Waals surface area contributed by atoms with E-state index in [-0.39, 0.29) is 23.9 Å². The molecule has 0 saturated carbocycles. The van der Waals surface area contributed by atoms with E-state index in [0.717, 1.165) is 22.4 Å². The Kier molecular flexibility index (Phi) is 7.39. The summed E-state index contributed by atoms with van der Waals surface area (Å²) in [4.78, 5) is 32.9. The van der Waals surface area contributed by atoms with Gasteiger partial charge in [-0.2, -0.15) is 0 Å². The van der Waals surface area contributed by atoms with Crippen LogP contribution in [-0.4, -0.2) is 33.7 Å². The smallest absolute Gasteiger partial charge is 0.343 e. The standard InChI is InChI=1S/C20H26N4O3S/c1-6-15(18(25)23-16-12(4)8-11(3)9-13(16)5)28-20-22-10-14(17(21)24-20)19(26)27-7-2/h8-10,15H,6-7H2,1-5H3,(H,23,25)(H2,21,22,24). The highest BCUT2D eigenvalue weighted by Crippen LogP contribution is 2.27. The predicted molar refractivity (Wildman–Crippen MR) is 112 cm³/mol. The molecule has 0 spiro atoms. The lowest BCUT2D eigenvalue weighted by Crippen LogP contribution is -2.26. The first-order valence-corrected chi connectivity index (χ1v) is 9.99. The molecular weight excluding hydrogens is 376 g/mol. The number of carbonyl (C=O) groups excluding carboxylic acids is 2. The summed E-state index contributed by atoms with van der Waals surface area (Å²) in [5, 5.41) is 2.96. The largest absolute Gasteiger partial charge is 0.462 e. The lowest BCUT2D eigenvalue weighted by molar-refractivity contribution is -0.115. The number of nitrogens with zero attached hydrogens (tertiary/aromatic N) is 2. The topological polar surface area (TPSA) is 107 Å². The number of aromatic nitrogens is 2. The highest BCUT2D eigenvalue weighted by Gasteiger charge is 2.22. The zero-order valence-electron chi connectivity index (χ0n) is 16.8. The molecule has 28 heavy (non-hydrogen) atoms. The van der Waals surface area contributed by atoms with Crippen LogP contribution in [0.2, 0.25) is 0 Å². The number of thioether (sulfide) groups is 1. The van der Waals surface area contributed by atoms with Crippen LogP contribution >= 0.6 is 11.8 Å². The fourth-order valence-corrected chi connectivity index (χ4v) is 3.68. The second kappa shape index (κ2) is 9.54. The van der Waals surface area contributed by atoms with Crippen LogP contribution < -0.4 is 11.1 Å². The van der Waals surface area contributed by atoms with Crippen molar-refractivity contribution in [1.82, 2.24) is 9.97 Å². The molecule has 0 aliphatic heterocycles. The van der Waals surface area contributed by atoms with Crippen LogP contribution in [0, 0.1) is 20.8 Å². The van der Waals surface area contributed by atoms with Gasteiger partial charge in [-0.3, -0.25) is 4.79 Å². The van der Waals surface area contributed by atoms with Crippen LogP contribution in [0.4, 0.5) is 11.5 Å². The Bertz CT molecular complexity index is 863. The molecule has 1 amide bonds. The number of nitrogen functional groups attached to an aromatic ring is 1. The summed E-state index contributed by atoms with van der Waals surface area (Å²) in [6.07, 6.45) is 1.92. The number of nitrogens with two attached hydrogens (primary N) is 1. The van der Waals surface area contributed by atoms with E-state index in [0.29, 0.717) is 11.6 Å². The molecule has 3 N–H and O–H groups in total. The Morgan fingerprint density at radius 3 is 2.39 bits per heavy atom. The van der Waals surface area contributed by atoms with Gasteiger partial charge in [-0.25, -0.2) is 14.8 Å².